The summed E-state index contributed by atoms with van der Waals surface area (Å²) in [5.74, 6) is -0.0611. The topological polar surface area (TPSA) is 67.5 Å². The zero-order valence-corrected chi connectivity index (χ0v) is 14.2. The summed E-state index contributed by atoms with van der Waals surface area (Å²) in [6, 6.07) is 4.13. The van der Waals surface area contributed by atoms with E-state index < -0.39 is 12.3 Å². The summed E-state index contributed by atoms with van der Waals surface area (Å²) in [6.07, 6.45) is 1.08. The van der Waals surface area contributed by atoms with Crippen molar-refractivity contribution in [1.29, 1.82) is 0 Å². The lowest BCUT2D eigenvalue weighted by molar-refractivity contribution is -0.0489. The Bertz CT molecular complexity index is 704. The molecule has 0 saturated carbocycles. The van der Waals surface area contributed by atoms with E-state index in [4.69, 9.17) is 4.74 Å². The number of ether oxygens (including phenoxy) is 1. The first-order valence-electron chi connectivity index (χ1n) is 8.30. The molecule has 1 saturated heterocycles. The summed E-state index contributed by atoms with van der Waals surface area (Å²) >= 11 is 0. The number of benzene rings is 1. The first-order chi connectivity index (χ1) is 10.9. The van der Waals surface area contributed by atoms with Gasteiger partial charge in [-0.25, -0.2) is 4.98 Å². The van der Waals surface area contributed by atoms with Crippen LogP contribution in [-0.4, -0.2) is 52.9 Å². The van der Waals surface area contributed by atoms with E-state index >= 15 is 0 Å². The van der Waals surface area contributed by atoms with Gasteiger partial charge in [-0.1, -0.05) is 13.1 Å². The molecule has 1 aliphatic rings. The molecule has 2 aromatic rings. The molecule has 2 heterocycles. The number of rotatable bonds is 4. The SMILES string of the molecule is BB(C)CC1[C@@H](O)[C@@H](n2cnc3cc(C)c(C)cc32)O[C@@H]1CO. The van der Waals surface area contributed by atoms with Crippen LogP contribution in [0.5, 0.6) is 0 Å². The number of aromatic nitrogens is 2. The molecule has 0 radical (unpaired) electrons. The van der Waals surface area contributed by atoms with Gasteiger partial charge >= 0.3 is 0 Å². The van der Waals surface area contributed by atoms with Crippen LogP contribution in [0.15, 0.2) is 18.5 Å². The van der Waals surface area contributed by atoms with Gasteiger partial charge in [-0.3, -0.25) is 0 Å². The van der Waals surface area contributed by atoms with Crippen molar-refractivity contribution in [3.63, 3.8) is 0 Å². The first kappa shape index (κ1) is 16.6. The fourth-order valence-electron chi connectivity index (χ4n) is 3.52. The number of fused-ring (bicyclic) bond motifs is 1. The van der Waals surface area contributed by atoms with Gasteiger partial charge < -0.3 is 19.5 Å². The van der Waals surface area contributed by atoms with E-state index in [0.29, 0.717) is 6.60 Å². The van der Waals surface area contributed by atoms with Crippen LogP contribution in [0, 0.1) is 19.8 Å². The molecule has 1 fully saturated rings. The van der Waals surface area contributed by atoms with Crippen LogP contribution < -0.4 is 0 Å². The Labute approximate surface area is 138 Å². The second kappa shape index (κ2) is 6.30. The molecule has 2 N–H and O–H groups in total. The third-order valence-corrected chi connectivity index (χ3v) is 4.91. The summed E-state index contributed by atoms with van der Waals surface area (Å²) in [4.78, 5) is 4.45. The Balaban J connectivity index is 1.97. The quantitative estimate of drug-likeness (QED) is 0.818. The van der Waals surface area contributed by atoms with Crippen molar-refractivity contribution >= 4 is 25.4 Å². The molecule has 0 aliphatic carbocycles. The zero-order chi connectivity index (χ0) is 16.7. The van der Waals surface area contributed by atoms with Crippen LogP contribution in [-0.2, 0) is 4.74 Å². The molecule has 1 aromatic heterocycles. The van der Waals surface area contributed by atoms with Crippen molar-refractivity contribution in [2.75, 3.05) is 6.61 Å². The normalized spacial score (nSPS) is 27.7. The van der Waals surface area contributed by atoms with Crippen LogP contribution in [0.25, 0.3) is 11.0 Å². The Morgan fingerprint density at radius 3 is 2.70 bits per heavy atom. The number of nitrogens with zero attached hydrogens (tertiary/aromatic N) is 2. The lowest BCUT2D eigenvalue weighted by Gasteiger charge is -2.20. The number of aryl methyl sites for hydroxylation is 2. The monoisotopic (exact) mass is 314 g/mol. The smallest absolute Gasteiger partial charge is 0.162 e. The maximum absolute atomic E-state index is 10.8. The Morgan fingerprint density at radius 1 is 1.35 bits per heavy atom. The Morgan fingerprint density at radius 2 is 2.04 bits per heavy atom. The van der Waals surface area contributed by atoms with Crippen molar-refractivity contribution in [2.45, 2.75) is 45.4 Å². The molecule has 3 rings (SSSR count). The minimum absolute atomic E-state index is 0.0611. The van der Waals surface area contributed by atoms with Gasteiger partial charge in [-0.2, -0.15) is 0 Å². The van der Waals surface area contributed by atoms with Crippen LogP contribution in [0.3, 0.4) is 0 Å². The van der Waals surface area contributed by atoms with Gasteiger partial charge in [-0.15, -0.1) is 0 Å². The number of imidazole rings is 1. The summed E-state index contributed by atoms with van der Waals surface area (Å²) in [5.41, 5.74) is 4.24. The van der Waals surface area contributed by atoms with E-state index in [-0.39, 0.29) is 18.6 Å². The lowest BCUT2D eigenvalue weighted by atomic mass is 9.31. The standard InChI is InChI=1S/C16H24B2N2O3/c1-9-4-12-13(5-10(9)2)20(8-19-12)16-15(22)11(6-18(3)17)14(7-21)23-16/h4-5,8,11,14-16,21-22H,6-7,17H2,1-3H3/t11?,14-,15-,16+/m1/s1. The third kappa shape index (κ3) is 2.93. The molecular weight excluding hydrogens is 290 g/mol. The Hall–Kier alpha value is -1.30. The second-order valence-electron chi connectivity index (χ2n) is 7.11. The fraction of sp³-hybridized carbons (Fsp3) is 0.562. The minimum atomic E-state index is -0.645. The molecular formula is C16H24B2N2O3. The zero-order valence-electron chi connectivity index (χ0n) is 14.2. The highest BCUT2D eigenvalue weighted by atomic mass is 16.5. The minimum Gasteiger partial charge on any atom is -0.394 e. The molecule has 1 aromatic carbocycles. The number of aliphatic hydroxyl groups excluding tert-OH is 2. The lowest BCUT2D eigenvalue weighted by Crippen LogP contribution is -2.31. The van der Waals surface area contributed by atoms with Crippen LogP contribution >= 0.6 is 0 Å². The van der Waals surface area contributed by atoms with Crippen molar-refractivity contribution in [2.24, 2.45) is 5.92 Å². The molecule has 122 valence electrons. The maximum atomic E-state index is 10.8. The molecule has 23 heavy (non-hydrogen) atoms. The van der Waals surface area contributed by atoms with Gasteiger partial charge in [-0.05, 0) is 37.1 Å². The van der Waals surface area contributed by atoms with Crippen molar-refractivity contribution in [3.05, 3.63) is 29.6 Å². The number of hydrogen-bond donors (Lipinski definition) is 2. The van der Waals surface area contributed by atoms with Crippen molar-refractivity contribution in [1.82, 2.24) is 9.55 Å². The number of aliphatic hydroxyl groups is 2. The van der Waals surface area contributed by atoms with Crippen LogP contribution in [0.4, 0.5) is 0 Å². The van der Waals surface area contributed by atoms with E-state index in [9.17, 15) is 10.2 Å². The molecule has 1 unspecified atom stereocenters. The summed E-state index contributed by atoms with van der Waals surface area (Å²) < 4.78 is 7.88. The van der Waals surface area contributed by atoms with Gasteiger partial charge in [0.2, 0.25) is 0 Å². The first-order valence-corrected chi connectivity index (χ1v) is 8.30. The highest BCUT2D eigenvalue weighted by molar-refractivity contribution is 7.02. The highest BCUT2D eigenvalue weighted by Gasteiger charge is 2.44. The van der Waals surface area contributed by atoms with Gasteiger partial charge in [0.15, 0.2) is 6.23 Å². The van der Waals surface area contributed by atoms with E-state index in [1.165, 1.54) is 11.1 Å². The molecule has 4 atom stereocenters. The molecule has 0 amide bonds. The van der Waals surface area contributed by atoms with Gasteiger partial charge in [0.05, 0.1) is 44.4 Å². The van der Waals surface area contributed by atoms with E-state index in [2.05, 4.69) is 45.5 Å². The highest BCUT2D eigenvalue weighted by Crippen LogP contribution is 2.38. The predicted octanol–water partition coefficient (Wildman–Crippen LogP) is 0.774. The van der Waals surface area contributed by atoms with Gasteiger partial charge in [0.1, 0.15) is 6.10 Å². The van der Waals surface area contributed by atoms with Gasteiger partial charge in [0, 0.05) is 5.92 Å². The molecule has 5 nitrogen and oxygen atoms in total. The predicted molar refractivity (Wildman–Crippen MR) is 94.7 cm³/mol. The van der Waals surface area contributed by atoms with E-state index in [0.717, 1.165) is 17.4 Å². The third-order valence-electron chi connectivity index (χ3n) is 4.91. The van der Waals surface area contributed by atoms with Crippen LogP contribution in [0.2, 0.25) is 13.1 Å². The average Bonchev–Trinajstić information content (AvgIpc) is 3.01. The summed E-state index contributed by atoms with van der Waals surface area (Å²) in [7, 11) is 2.12. The molecule has 7 heteroatoms. The average molecular weight is 314 g/mol. The van der Waals surface area contributed by atoms with E-state index in [1.54, 1.807) is 6.33 Å². The summed E-state index contributed by atoms with van der Waals surface area (Å²) in [6.45, 7) is 6.62. The van der Waals surface area contributed by atoms with Gasteiger partial charge in [0.25, 0.3) is 0 Å². The van der Waals surface area contributed by atoms with Crippen molar-refractivity contribution < 1.29 is 14.9 Å². The molecule has 1 aliphatic heterocycles. The molecule has 0 bridgehead atoms. The molecule has 0 spiro atoms. The van der Waals surface area contributed by atoms with Crippen molar-refractivity contribution in [3.8, 4) is 0 Å². The second-order valence-corrected chi connectivity index (χ2v) is 7.11. The van der Waals surface area contributed by atoms with Crippen LogP contribution in [0.1, 0.15) is 17.4 Å². The summed E-state index contributed by atoms with van der Waals surface area (Å²) in [5, 5.41) is 20.4. The van der Waals surface area contributed by atoms with E-state index in [1.807, 2.05) is 4.57 Å². The maximum Gasteiger partial charge on any atom is 0.162 e. The largest absolute Gasteiger partial charge is 0.394 e. The Kier molecular flexibility index (Phi) is 4.54. The fourth-order valence-corrected chi connectivity index (χ4v) is 3.52. The number of hydrogen-bond acceptors (Lipinski definition) is 4.